The van der Waals surface area contributed by atoms with Gasteiger partial charge in [-0.05, 0) is 79.6 Å². The number of ether oxygens (including phenoxy) is 1. The number of rotatable bonds is 10. The summed E-state index contributed by atoms with van der Waals surface area (Å²) in [4.78, 5) is 12.6. The van der Waals surface area contributed by atoms with Crippen molar-refractivity contribution in [2.24, 2.45) is 0 Å². The number of nitrogens with one attached hydrogen (secondary N) is 1. The Morgan fingerprint density at radius 1 is 0.909 bits per heavy atom. The van der Waals surface area contributed by atoms with Crippen LogP contribution in [0.25, 0.3) is 0 Å². The highest BCUT2D eigenvalue weighted by Gasteiger charge is 2.27. The van der Waals surface area contributed by atoms with Crippen molar-refractivity contribution in [2.75, 3.05) is 24.0 Å². The summed E-state index contributed by atoms with van der Waals surface area (Å²) in [6, 6.07) is 16.6. The molecule has 3 rings (SSSR count). The fraction of sp³-hybridized carbons (Fsp3) is 0.208. The Morgan fingerprint density at radius 3 is 2.06 bits per heavy atom. The molecule has 0 fully saturated rings. The first kappa shape index (κ1) is 24.2. The van der Waals surface area contributed by atoms with Crippen LogP contribution < -0.4 is 14.4 Å². The average Bonchev–Trinajstić information content (AvgIpc) is 2.80. The Morgan fingerprint density at radius 2 is 1.48 bits per heavy atom. The predicted octanol–water partition coefficient (Wildman–Crippen LogP) is 3.92. The summed E-state index contributed by atoms with van der Waals surface area (Å²) in [7, 11) is -4.12. The first-order chi connectivity index (χ1) is 15.8. The molecule has 1 N–H and O–H groups in total. The van der Waals surface area contributed by atoms with Crippen LogP contribution in [0.5, 0.6) is 5.75 Å². The number of carbonyl (C=O) groups is 1. The van der Waals surface area contributed by atoms with Crippen LogP contribution in [-0.2, 0) is 21.2 Å². The molecule has 0 aliphatic carbocycles. The van der Waals surface area contributed by atoms with Crippen molar-refractivity contribution in [1.82, 2.24) is 5.32 Å². The lowest BCUT2D eigenvalue weighted by atomic mass is 10.1. The van der Waals surface area contributed by atoms with Crippen LogP contribution >= 0.6 is 0 Å². The number of hydrogen-bond acceptors (Lipinski definition) is 4. The molecule has 1 amide bonds. The minimum atomic E-state index is -4.12. The monoisotopic (exact) mass is 474 g/mol. The van der Waals surface area contributed by atoms with Gasteiger partial charge in [0, 0.05) is 6.54 Å². The third-order valence-corrected chi connectivity index (χ3v) is 6.56. The topological polar surface area (TPSA) is 75.7 Å². The number of sulfonamides is 1. The van der Waals surface area contributed by atoms with Crippen molar-refractivity contribution in [3.05, 3.63) is 90.0 Å². The van der Waals surface area contributed by atoms with Gasteiger partial charge in [0.1, 0.15) is 23.9 Å². The van der Waals surface area contributed by atoms with Gasteiger partial charge >= 0.3 is 0 Å². The number of carbonyl (C=O) groups excluding carboxylic acids is 1. The molecule has 9 heteroatoms. The van der Waals surface area contributed by atoms with Crippen molar-refractivity contribution in [2.45, 2.75) is 18.2 Å². The molecule has 174 valence electrons. The van der Waals surface area contributed by atoms with Crippen LogP contribution in [-0.4, -0.2) is 34.0 Å². The molecule has 0 aliphatic rings. The maximum Gasteiger partial charge on any atom is 0.264 e. The van der Waals surface area contributed by atoms with Crippen molar-refractivity contribution in [3.8, 4) is 5.75 Å². The van der Waals surface area contributed by atoms with Crippen molar-refractivity contribution in [3.63, 3.8) is 0 Å². The van der Waals surface area contributed by atoms with Crippen LogP contribution in [0.3, 0.4) is 0 Å². The summed E-state index contributed by atoms with van der Waals surface area (Å²) in [5.41, 5.74) is 0.980. The molecule has 0 bridgehead atoms. The molecule has 0 heterocycles. The molecule has 0 atom stereocenters. The normalized spacial score (nSPS) is 11.1. The molecule has 0 aromatic heterocycles. The number of hydrogen-bond donors (Lipinski definition) is 1. The SMILES string of the molecule is CCOc1ccc(S(=O)(=O)N(CC(=O)NCCc2ccc(F)cc2)c2ccc(F)cc2)cc1. The van der Waals surface area contributed by atoms with Gasteiger partial charge in [-0.1, -0.05) is 12.1 Å². The summed E-state index contributed by atoms with van der Waals surface area (Å²) < 4.78 is 59.4. The zero-order valence-corrected chi connectivity index (χ0v) is 18.8. The smallest absolute Gasteiger partial charge is 0.264 e. The first-order valence-electron chi connectivity index (χ1n) is 10.3. The fourth-order valence-corrected chi connectivity index (χ4v) is 4.53. The summed E-state index contributed by atoms with van der Waals surface area (Å²) >= 11 is 0. The maximum absolute atomic E-state index is 13.4. The fourth-order valence-electron chi connectivity index (χ4n) is 3.11. The summed E-state index contributed by atoms with van der Waals surface area (Å²) in [5.74, 6) is -0.891. The second kappa shape index (κ2) is 10.9. The number of anilines is 1. The second-order valence-electron chi connectivity index (χ2n) is 7.12. The Kier molecular flexibility index (Phi) is 8.00. The molecular weight excluding hydrogens is 450 g/mol. The van der Waals surface area contributed by atoms with E-state index in [9.17, 15) is 22.0 Å². The van der Waals surface area contributed by atoms with Gasteiger partial charge in [0.05, 0.1) is 17.2 Å². The van der Waals surface area contributed by atoms with E-state index in [0.717, 1.165) is 22.0 Å². The third kappa shape index (κ3) is 6.52. The molecule has 6 nitrogen and oxygen atoms in total. The van der Waals surface area contributed by atoms with Gasteiger partial charge in [-0.3, -0.25) is 9.10 Å². The van der Waals surface area contributed by atoms with E-state index in [1.165, 1.54) is 48.5 Å². The standard InChI is InChI=1S/C24H24F2N2O4S/c1-2-32-22-11-13-23(14-12-22)33(30,31)28(21-9-7-20(26)8-10-21)17-24(29)27-16-15-18-3-5-19(25)6-4-18/h3-14H,2,15-17H2,1H3,(H,27,29). The third-order valence-electron chi connectivity index (χ3n) is 4.77. The van der Waals surface area contributed by atoms with Gasteiger partial charge in [-0.25, -0.2) is 17.2 Å². The van der Waals surface area contributed by atoms with Gasteiger partial charge in [-0.2, -0.15) is 0 Å². The van der Waals surface area contributed by atoms with Crippen LogP contribution in [0, 0.1) is 11.6 Å². The number of amides is 1. The van der Waals surface area contributed by atoms with Crippen LogP contribution in [0.1, 0.15) is 12.5 Å². The molecule has 0 aliphatic heterocycles. The lowest BCUT2D eigenvalue weighted by Gasteiger charge is -2.24. The van der Waals surface area contributed by atoms with Gasteiger partial charge < -0.3 is 10.1 Å². The number of benzene rings is 3. The summed E-state index contributed by atoms with van der Waals surface area (Å²) in [6.07, 6.45) is 0.453. The molecule has 3 aromatic rings. The Balaban J connectivity index is 1.76. The largest absolute Gasteiger partial charge is 0.494 e. The van der Waals surface area contributed by atoms with E-state index >= 15 is 0 Å². The van der Waals surface area contributed by atoms with Gasteiger partial charge in [0.25, 0.3) is 10.0 Å². The number of nitrogens with zero attached hydrogens (tertiary/aromatic N) is 1. The zero-order chi connectivity index (χ0) is 23.8. The van der Waals surface area contributed by atoms with Crippen LogP contribution in [0.4, 0.5) is 14.5 Å². The van der Waals surface area contributed by atoms with E-state index in [4.69, 9.17) is 4.74 Å². The zero-order valence-electron chi connectivity index (χ0n) is 18.0. The van der Waals surface area contributed by atoms with Crippen LogP contribution in [0.2, 0.25) is 0 Å². The quantitative estimate of drug-likeness (QED) is 0.483. The molecular formula is C24H24F2N2O4S. The Labute approximate surface area is 191 Å². The highest BCUT2D eigenvalue weighted by Crippen LogP contribution is 2.25. The molecule has 0 radical (unpaired) electrons. The average molecular weight is 475 g/mol. The van der Waals surface area contributed by atoms with Crippen molar-refractivity contribution >= 4 is 21.6 Å². The minimum absolute atomic E-state index is 0.0330. The summed E-state index contributed by atoms with van der Waals surface area (Å²) in [5, 5.41) is 2.67. The van der Waals surface area contributed by atoms with E-state index in [0.29, 0.717) is 18.8 Å². The molecule has 0 saturated carbocycles. The lowest BCUT2D eigenvalue weighted by molar-refractivity contribution is -0.119. The molecule has 0 spiro atoms. The second-order valence-corrected chi connectivity index (χ2v) is 8.98. The summed E-state index contributed by atoms with van der Waals surface area (Å²) in [6.45, 7) is 2.00. The molecule has 0 unspecified atom stereocenters. The Bertz CT molecular complexity index is 1170. The van der Waals surface area contributed by atoms with Crippen molar-refractivity contribution in [1.29, 1.82) is 0 Å². The molecule has 0 saturated heterocycles. The van der Waals surface area contributed by atoms with Crippen LogP contribution in [0.15, 0.2) is 77.7 Å². The predicted molar refractivity (Wildman–Crippen MR) is 122 cm³/mol. The highest BCUT2D eigenvalue weighted by molar-refractivity contribution is 7.92. The first-order valence-corrected chi connectivity index (χ1v) is 11.8. The van der Waals surface area contributed by atoms with Crippen molar-refractivity contribution < 1.29 is 26.7 Å². The number of halogens is 2. The minimum Gasteiger partial charge on any atom is -0.494 e. The highest BCUT2D eigenvalue weighted by atomic mass is 32.2. The van der Waals surface area contributed by atoms with E-state index in [1.54, 1.807) is 12.1 Å². The van der Waals surface area contributed by atoms with Gasteiger partial charge in [0.2, 0.25) is 5.91 Å². The molecule has 3 aromatic carbocycles. The van der Waals surface area contributed by atoms with E-state index < -0.39 is 28.3 Å². The lowest BCUT2D eigenvalue weighted by Crippen LogP contribution is -2.41. The van der Waals surface area contributed by atoms with Gasteiger partial charge in [-0.15, -0.1) is 0 Å². The van der Waals surface area contributed by atoms with Gasteiger partial charge in [0.15, 0.2) is 0 Å². The van der Waals surface area contributed by atoms with E-state index in [2.05, 4.69) is 5.32 Å². The maximum atomic E-state index is 13.4. The molecule has 33 heavy (non-hydrogen) atoms. The van der Waals surface area contributed by atoms with E-state index in [-0.39, 0.29) is 22.9 Å². The van der Waals surface area contributed by atoms with E-state index in [1.807, 2.05) is 6.92 Å². The Hall–Kier alpha value is -3.46.